The molecule has 1 aromatic carbocycles. The van der Waals surface area contributed by atoms with Gasteiger partial charge in [0.15, 0.2) is 0 Å². The first-order valence-corrected chi connectivity index (χ1v) is 8.77. The van der Waals surface area contributed by atoms with E-state index in [9.17, 15) is 13.2 Å². The van der Waals surface area contributed by atoms with Crippen molar-refractivity contribution >= 4 is 22.0 Å². The molecule has 0 spiro atoms. The van der Waals surface area contributed by atoms with Crippen LogP contribution in [0.25, 0.3) is 16.3 Å². The van der Waals surface area contributed by atoms with Crippen LogP contribution in [0.2, 0.25) is 0 Å². The predicted molar refractivity (Wildman–Crippen MR) is 101 cm³/mol. The monoisotopic (exact) mass is 380 g/mol. The minimum absolute atomic E-state index is 0.0445. The second kappa shape index (κ2) is 7.74. The fraction of sp³-hybridized carbons (Fsp3) is 0.421. The van der Waals surface area contributed by atoms with Gasteiger partial charge in [0.05, 0.1) is 11.3 Å². The molecule has 2 aromatic rings. The largest absolute Gasteiger partial charge is 0.462 e. The SMILES string of the molecule is C=C(c1nc(OCN)cc2c(NC3CCN(C)CC3)cccc12)C(F)(F)F. The molecule has 1 saturated heterocycles. The van der Waals surface area contributed by atoms with Crippen LogP contribution in [-0.2, 0) is 0 Å². The lowest BCUT2D eigenvalue weighted by Crippen LogP contribution is -2.36. The van der Waals surface area contributed by atoms with Crippen molar-refractivity contribution in [3.8, 4) is 5.88 Å². The highest BCUT2D eigenvalue weighted by molar-refractivity contribution is 6.00. The van der Waals surface area contributed by atoms with Crippen LogP contribution in [0.1, 0.15) is 18.5 Å². The maximum atomic E-state index is 13.3. The molecule has 1 fully saturated rings. The molecule has 0 amide bonds. The van der Waals surface area contributed by atoms with E-state index in [1.165, 1.54) is 0 Å². The van der Waals surface area contributed by atoms with Gasteiger partial charge in [-0.15, -0.1) is 0 Å². The van der Waals surface area contributed by atoms with Gasteiger partial charge >= 0.3 is 6.18 Å². The number of likely N-dealkylation sites (tertiary alicyclic amines) is 1. The summed E-state index contributed by atoms with van der Waals surface area (Å²) in [7, 11) is 2.07. The van der Waals surface area contributed by atoms with Gasteiger partial charge in [0.2, 0.25) is 5.88 Å². The van der Waals surface area contributed by atoms with E-state index in [2.05, 4.69) is 28.8 Å². The molecule has 2 heterocycles. The molecule has 0 aliphatic carbocycles. The molecule has 5 nitrogen and oxygen atoms in total. The van der Waals surface area contributed by atoms with Gasteiger partial charge in [0.25, 0.3) is 0 Å². The number of alkyl halides is 3. The topological polar surface area (TPSA) is 63.4 Å². The number of anilines is 1. The van der Waals surface area contributed by atoms with Crippen LogP contribution >= 0.6 is 0 Å². The Kier molecular flexibility index (Phi) is 5.57. The smallest absolute Gasteiger partial charge is 0.417 e. The van der Waals surface area contributed by atoms with Crippen molar-refractivity contribution in [3.63, 3.8) is 0 Å². The standard InChI is InChI=1S/C19H23F3N4O/c1-12(19(20,21)22)18-14-4-3-5-16(15(14)10-17(25-18)27-11-23)24-13-6-8-26(2)9-7-13/h3-5,10,13,24H,1,6-9,11,23H2,2H3. The third kappa shape index (κ3) is 4.33. The summed E-state index contributed by atoms with van der Waals surface area (Å²) in [5.41, 5.74) is 4.89. The predicted octanol–water partition coefficient (Wildman–Crippen LogP) is 3.61. The molecule has 3 N–H and O–H groups in total. The van der Waals surface area contributed by atoms with Gasteiger partial charge in [0.1, 0.15) is 6.73 Å². The molecule has 146 valence electrons. The van der Waals surface area contributed by atoms with Crippen LogP contribution in [0.15, 0.2) is 30.8 Å². The first kappa shape index (κ1) is 19.4. The molecule has 8 heteroatoms. The molecule has 0 saturated carbocycles. The summed E-state index contributed by atoms with van der Waals surface area (Å²) in [6, 6.07) is 7.06. The number of hydrogen-bond acceptors (Lipinski definition) is 5. The average Bonchev–Trinajstić information content (AvgIpc) is 2.62. The highest BCUT2D eigenvalue weighted by Gasteiger charge is 2.35. The van der Waals surface area contributed by atoms with Gasteiger partial charge in [-0.2, -0.15) is 13.2 Å². The lowest BCUT2D eigenvalue weighted by atomic mass is 10.0. The number of pyridine rings is 1. The lowest BCUT2D eigenvalue weighted by Gasteiger charge is -2.30. The Morgan fingerprint density at radius 3 is 2.67 bits per heavy atom. The van der Waals surface area contributed by atoms with E-state index >= 15 is 0 Å². The van der Waals surface area contributed by atoms with E-state index in [0.29, 0.717) is 10.8 Å². The molecule has 0 bridgehead atoms. The summed E-state index contributed by atoms with van der Waals surface area (Å²) in [6.45, 7) is 4.97. The average molecular weight is 380 g/mol. The Morgan fingerprint density at radius 1 is 1.33 bits per heavy atom. The molecular formula is C19H23F3N4O. The molecular weight excluding hydrogens is 357 g/mol. The second-order valence-corrected chi connectivity index (χ2v) is 6.72. The fourth-order valence-electron chi connectivity index (χ4n) is 3.28. The summed E-state index contributed by atoms with van der Waals surface area (Å²) in [5, 5.41) is 4.45. The van der Waals surface area contributed by atoms with Crippen molar-refractivity contribution < 1.29 is 17.9 Å². The highest BCUT2D eigenvalue weighted by atomic mass is 19.4. The zero-order chi connectivity index (χ0) is 19.6. The molecule has 0 atom stereocenters. The summed E-state index contributed by atoms with van der Waals surface area (Å²) in [6.07, 6.45) is -2.66. The van der Waals surface area contributed by atoms with Gasteiger partial charge in [-0.3, -0.25) is 5.73 Å². The minimum Gasteiger partial charge on any atom is -0.462 e. The summed E-state index contributed by atoms with van der Waals surface area (Å²) >= 11 is 0. The number of halogens is 3. The molecule has 1 aromatic heterocycles. The third-order valence-corrected chi connectivity index (χ3v) is 4.79. The van der Waals surface area contributed by atoms with Crippen LogP contribution in [0.4, 0.5) is 18.9 Å². The van der Waals surface area contributed by atoms with Crippen molar-refractivity contribution in [1.29, 1.82) is 0 Å². The van der Waals surface area contributed by atoms with Gasteiger partial charge in [-0.25, -0.2) is 4.98 Å². The number of piperidine rings is 1. The number of hydrogen-bond donors (Lipinski definition) is 2. The third-order valence-electron chi connectivity index (χ3n) is 4.79. The van der Waals surface area contributed by atoms with Crippen molar-refractivity contribution in [2.24, 2.45) is 5.73 Å². The number of ether oxygens (including phenoxy) is 1. The fourth-order valence-corrected chi connectivity index (χ4v) is 3.28. The molecule has 0 radical (unpaired) electrons. The van der Waals surface area contributed by atoms with Crippen LogP contribution in [0.3, 0.4) is 0 Å². The maximum Gasteiger partial charge on any atom is 0.417 e. The summed E-state index contributed by atoms with van der Waals surface area (Å²) in [5.74, 6) is 0.0445. The first-order chi connectivity index (χ1) is 12.8. The Balaban J connectivity index is 2.05. The number of nitrogens with zero attached hydrogens (tertiary/aromatic N) is 2. The number of nitrogens with one attached hydrogen (secondary N) is 1. The summed E-state index contributed by atoms with van der Waals surface area (Å²) < 4.78 is 45.0. The van der Waals surface area contributed by atoms with Crippen molar-refractivity contribution in [1.82, 2.24) is 9.88 Å². The van der Waals surface area contributed by atoms with E-state index in [4.69, 9.17) is 10.5 Å². The molecule has 27 heavy (non-hydrogen) atoms. The number of rotatable bonds is 5. The van der Waals surface area contributed by atoms with Crippen molar-refractivity contribution in [2.75, 3.05) is 32.2 Å². The minimum atomic E-state index is -4.58. The summed E-state index contributed by atoms with van der Waals surface area (Å²) in [4.78, 5) is 6.25. The molecule has 0 unspecified atom stereocenters. The van der Waals surface area contributed by atoms with Crippen molar-refractivity contribution in [2.45, 2.75) is 25.1 Å². The van der Waals surface area contributed by atoms with Crippen LogP contribution in [0, 0.1) is 0 Å². The van der Waals surface area contributed by atoms with Crippen LogP contribution < -0.4 is 15.8 Å². The van der Waals surface area contributed by atoms with E-state index < -0.39 is 11.7 Å². The quantitative estimate of drug-likeness (QED) is 0.776. The Hall–Kier alpha value is -2.32. The van der Waals surface area contributed by atoms with E-state index in [0.717, 1.165) is 31.6 Å². The second-order valence-electron chi connectivity index (χ2n) is 6.72. The lowest BCUT2D eigenvalue weighted by molar-refractivity contribution is -0.0688. The zero-order valence-corrected chi connectivity index (χ0v) is 15.1. The maximum absolute atomic E-state index is 13.3. The van der Waals surface area contributed by atoms with E-state index in [1.807, 2.05) is 6.07 Å². The number of nitrogens with two attached hydrogens (primary N) is 1. The number of benzene rings is 1. The van der Waals surface area contributed by atoms with Crippen LogP contribution in [-0.4, -0.2) is 49.0 Å². The molecule has 1 aliphatic heterocycles. The van der Waals surface area contributed by atoms with Crippen molar-refractivity contribution in [3.05, 3.63) is 36.5 Å². The Labute approximate surface area is 156 Å². The molecule has 3 rings (SSSR count). The van der Waals surface area contributed by atoms with Gasteiger partial charge in [-0.05, 0) is 39.0 Å². The Morgan fingerprint density at radius 2 is 2.04 bits per heavy atom. The Bertz CT molecular complexity index is 830. The zero-order valence-electron chi connectivity index (χ0n) is 15.1. The number of fused-ring (bicyclic) bond motifs is 1. The normalized spacial score (nSPS) is 16.5. The van der Waals surface area contributed by atoms with E-state index in [1.54, 1.807) is 18.2 Å². The van der Waals surface area contributed by atoms with Crippen LogP contribution in [0.5, 0.6) is 5.88 Å². The number of allylic oxidation sites excluding steroid dienone is 1. The number of aromatic nitrogens is 1. The molecule has 1 aliphatic rings. The first-order valence-electron chi connectivity index (χ1n) is 8.77. The van der Waals surface area contributed by atoms with Gasteiger partial charge in [0, 0.05) is 28.6 Å². The van der Waals surface area contributed by atoms with Gasteiger partial charge < -0.3 is 15.0 Å². The highest BCUT2D eigenvalue weighted by Crippen LogP contribution is 2.38. The van der Waals surface area contributed by atoms with Gasteiger partial charge in [-0.1, -0.05) is 18.7 Å². The van der Waals surface area contributed by atoms with E-state index in [-0.39, 0.29) is 24.3 Å².